The summed E-state index contributed by atoms with van der Waals surface area (Å²) in [6.45, 7) is 6.45. The molecular weight excluding hydrogens is 280 g/mol. The minimum absolute atomic E-state index is 0.428. The highest BCUT2D eigenvalue weighted by molar-refractivity contribution is 7.88. The van der Waals surface area contributed by atoms with Gasteiger partial charge in [-0.1, -0.05) is 0 Å². The number of aryl methyl sites for hydroxylation is 2. The Balaban J connectivity index is 1.82. The molecule has 0 aromatic carbocycles. The van der Waals surface area contributed by atoms with Gasteiger partial charge in [-0.15, -0.1) is 11.3 Å². The van der Waals surface area contributed by atoms with Crippen LogP contribution in [0, 0.1) is 13.8 Å². The second-order valence-corrected chi connectivity index (χ2v) is 8.70. The maximum absolute atomic E-state index is 11.4. The lowest BCUT2D eigenvalue weighted by Gasteiger charge is -2.30. The molecule has 1 aromatic heterocycles. The third-order valence-electron chi connectivity index (χ3n) is 3.65. The van der Waals surface area contributed by atoms with E-state index in [2.05, 4.69) is 25.2 Å². The van der Waals surface area contributed by atoms with Gasteiger partial charge in [0.2, 0.25) is 10.0 Å². The summed E-state index contributed by atoms with van der Waals surface area (Å²) >= 11 is 1.83. The quantitative estimate of drug-likeness (QED) is 0.924. The van der Waals surface area contributed by atoms with Gasteiger partial charge >= 0.3 is 0 Å². The number of nitrogens with one attached hydrogen (secondary N) is 1. The van der Waals surface area contributed by atoms with Crippen molar-refractivity contribution in [3.05, 3.63) is 21.4 Å². The standard InChI is InChI=1S/C13H22N2O2S2/c1-10-8-12(11(2)18-10)9-14-13-4-6-15(7-5-13)19(3,16)17/h8,13-14H,4-7,9H2,1-3H3. The van der Waals surface area contributed by atoms with E-state index in [0.29, 0.717) is 19.1 Å². The van der Waals surface area contributed by atoms with Crippen LogP contribution in [0.1, 0.15) is 28.2 Å². The summed E-state index contributed by atoms with van der Waals surface area (Å²) in [7, 11) is -3.01. The van der Waals surface area contributed by atoms with Gasteiger partial charge in [0.25, 0.3) is 0 Å². The van der Waals surface area contributed by atoms with E-state index < -0.39 is 10.0 Å². The lowest BCUT2D eigenvalue weighted by atomic mass is 10.1. The molecule has 1 aliphatic heterocycles. The molecule has 0 saturated carbocycles. The van der Waals surface area contributed by atoms with Gasteiger partial charge in [-0.2, -0.15) is 0 Å². The number of hydrogen-bond acceptors (Lipinski definition) is 4. The number of piperidine rings is 1. The molecule has 4 nitrogen and oxygen atoms in total. The van der Waals surface area contributed by atoms with Gasteiger partial charge in [0.15, 0.2) is 0 Å². The van der Waals surface area contributed by atoms with E-state index in [-0.39, 0.29) is 0 Å². The molecule has 1 fully saturated rings. The summed E-state index contributed by atoms with van der Waals surface area (Å²) in [6, 6.07) is 2.66. The average Bonchev–Trinajstić information content (AvgIpc) is 2.65. The first-order valence-corrected chi connectivity index (χ1v) is 9.27. The van der Waals surface area contributed by atoms with Crippen LogP contribution in [0.3, 0.4) is 0 Å². The van der Waals surface area contributed by atoms with Crippen molar-refractivity contribution in [2.24, 2.45) is 0 Å². The second-order valence-electron chi connectivity index (χ2n) is 5.26. The largest absolute Gasteiger partial charge is 0.310 e. The summed E-state index contributed by atoms with van der Waals surface area (Å²) in [5.74, 6) is 0. The first-order chi connectivity index (χ1) is 8.86. The van der Waals surface area contributed by atoms with E-state index in [0.717, 1.165) is 19.4 Å². The van der Waals surface area contributed by atoms with Gasteiger partial charge < -0.3 is 5.32 Å². The molecule has 1 aliphatic rings. The summed E-state index contributed by atoms with van der Waals surface area (Å²) < 4.78 is 24.4. The predicted octanol–water partition coefficient (Wildman–Crippen LogP) is 1.88. The Bertz CT molecular complexity index is 529. The average molecular weight is 302 g/mol. The molecule has 0 unspecified atom stereocenters. The first kappa shape index (κ1) is 15.0. The van der Waals surface area contributed by atoms with Crippen LogP contribution in [0.5, 0.6) is 0 Å². The third kappa shape index (κ3) is 4.02. The van der Waals surface area contributed by atoms with Crippen LogP contribution in [0.2, 0.25) is 0 Å². The highest BCUT2D eigenvalue weighted by atomic mass is 32.2. The Kier molecular flexibility index (Phi) is 4.66. The zero-order valence-electron chi connectivity index (χ0n) is 11.8. The van der Waals surface area contributed by atoms with E-state index in [1.165, 1.54) is 21.6 Å². The van der Waals surface area contributed by atoms with Crippen molar-refractivity contribution in [3.63, 3.8) is 0 Å². The zero-order valence-corrected chi connectivity index (χ0v) is 13.4. The van der Waals surface area contributed by atoms with Gasteiger partial charge in [-0.3, -0.25) is 0 Å². The molecule has 0 amide bonds. The Morgan fingerprint density at radius 1 is 1.37 bits per heavy atom. The highest BCUT2D eigenvalue weighted by Gasteiger charge is 2.24. The molecule has 2 heterocycles. The van der Waals surface area contributed by atoms with E-state index in [4.69, 9.17) is 0 Å². The van der Waals surface area contributed by atoms with Gasteiger partial charge in [0.05, 0.1) is 6.26 Å². The van der Waals surface area contributed by atoms with Crippen LogP contribution in [0.4, 0.5) is 0 Å². The second kappa shape index (κ2) is 5.91. The molecule has 1 saturated heterocycles. The fourth-order valence-electron chi connectivity index (χ4n) is 2.50. The predicted molar refractivity (Wildman–Crippen MR) is 80.1 cm³/mol. The lowest BCUT2D eigenvalue weighted by molar-refractivity contribution is 0.290. The third-order valence-corrected chi connectivity index (χ3v) is 5.96. The van der Waals surface area contributed by atoms with Crippen molar-refractivity contribution < 1.29 is 8.42 Å². The SMILES string of the molecule is Cc1cc(CNC2CCN(S(C)(=O)=O)CC2)c(C)s1. The molecule has 0 atom stereocenters. The molecule has 0 radical (unpaired) electrons. The fraction of sp³-hybridized carbons (Fsp3) is 0.692. The number of hydrogen-bond donors (Lipinski definition) is 1. The Morgan fingerprint density at radius 3 is 2.47 bits per heavy atom. The monoisotopic (exact) mass is 302 g/mol. The molecule has 0 spiro atoms. The minimum atomic E-state index is -3.01. The summed E-state index contributed by atoms with van der Waals surface area (Å²) in [5.41, 5.74) is 1.37. The van der Waals surface area contributed by atoms with Crippen LogP contribution < -0.4 is 5.32 Å². The minimum Gasteiger partial charge on any atom is -0.310 e. The van der Waals surface area contributed by atoms with Crippen molar-refractivity contribution in [1.82, 2.24) is 9.62 Å². The van der Waals surface area contributed by atoms with Crippen molar-refractivity contribution in [2.75, 3.05) is 19.3 Å². The van der Waals surface area contributed by atoms with E-state index >= 15 is 0 Å². The van der Waals surface area contributed by atoms with Gasteiger partial charge in [-0.05, 0) is 38.3 Å². The first-order valence-electron chi connectivity index (χ1n) is 6.60. The van der Waals surface area contributed by atoms with Gasteiger partial charge in [0.1, 0.15) is 0 Å². The molecule has 19 heavy (non-hydrogen) atoms. The fourth-order valence-corrected chi connectivity index (χ4v) is 4.33. The van der Waals surface area contributed by atoms with Crippen molar-refractivity contribution >= 4 is 21.4 Å². The highest BCUT2D eigenvalue weighted by Crippen LogP contribution is 2.21. The van der Waals surface area contributed by atoms with Crippen molar-refractivity contribution in [2.45, 2.75) is 39.3 Å². The Labute approximate surface area is 119 Å². The van der Waals surface area contributed by atoms with Crippen molar-refractivity contribution in [1.29, 1.82) is 0 Å². The van der Waals surface area contributed by atoms with E-state index in [9.17, 15) is 8.42 Å². The molecule has 1 aromatic rings. The lowest BCUT2D eigenvalue weighted by Crippen LogP contribution is -2.44. The van der Waals surface area contributed by atoms with Crippen molar-refractivity contribution in [3.8, 4) is 0 Å². The van der Waals surface area contributed by atoms with E-state index in [1.54, 1.807) is 4.31 Å². The smallest absolute Gasteiger partial charge is 0.211 e. The zero-order chi connectivity index (χ0) is 14.0. The summed E-state index contributed by atoms with van der Waals surface area (Å²) in [4.78, 5) is 2.72. The molecule has 2 rings (SSSR count). The number of thiophene rings is 1. The van der Waals surface area contributed by atoms with Gasteiger partial charge in [0, 0.05) is 35.4 Å². The summed E-state index contributed by atoms with van der Waals surface area (Å²) in [6.07, 6.45) is 3.09. The molecule has 6 heteroatoms. The Morgan fingerprint density at radius 2 is 2.00 bits per heavy atom. The molecule has 108 valence electrons. The Hall–Kier alpha value is -0.430. The molecule has 0 bridgehead atoms. The van der Waals surface area contributed by atoms with Crippen LogP contribution >= 0.6 is 11.3 Å². The molecule has 0 aliphatic carbocycles. The van der Waals surface area contributed by atoms with Crippen LogP contribution in [0.25, 0.3) is 0 Å². The van der Waals surface area contributed by atoms with E-state index in [1.807, 2.05) is 11.3 Å². The number of rotatable bonds is 4. The molecule has 1 N–H and O–H groups in total. The number of nitrogens with zero attached hydrogens (tertiary/aromatic N) is 1. The van der Waals surface area contributed by atoms with Crippen LogP contribution in [0.15, 0.2) is 6.07 Å². The molecular formula is C13H22N2O2S2. The summed E-state index contributed by atoms with van der Waals surface area (Å²) in [5, 5.41) is 3.55. The van der Waals surface area contributed by atoms with Gasteiger partial charge in [-0.25, -0.2) is 12.7 Å². The van der Waals surface area contributed by atoms with Crippen LogP contribution in [-0.2, 0) is 16.6 Å². The number of sulfonamides is 1. The topological polar surface area (TPSA) is 49.4 Å². The van der Waals surface area contributed by atoms with Crippen LogP contribution in [-0.4, -0.2) is 38.1 Å². The normalized spacial score (nSPS) is 18.9. The maximum atomic E-state index is 11.4. The maximum Gasteiger partial charge on any atom is 0.211 e.